The monoisotopic (exact) mass is 468 g/mol. The standard InChI is InChI=1S/C26H32N2O6/c1-5-26(6-2,24(30)31)28-23(29)22(16(3)33-4)27-25(32)34-15-21-19-13-9-7-11-17(19)18-12-8-10-14-20(18)21/h7-14,16,21-22H,5-6,15H2,1-4H3,(H,27,32)(H,28,29)(H,30,31). The van der Waals surface area contributed by atoms with E-state index in [9.17, 15) is 19.5 Å². The van der Waals surface area contributed by atoms with Crippen molar-refractivity contribution < 1.29 is 29.0 Å². The third kappa shape index (κ3) is 4.92. The lowest BCUT2D eigenvalue weighted by molar-refractivity contribution is -0.149. The van der Waals surface area contributed by atoms with Gasteiger partial charge in [-0.3, -0.25) is 4.79 Å². The number of carbonyl (C=O) groups excluding carboxylic acids is 2. The third-order valence-corrected chi connectivity index (χ3v) is 6.72. The highest BCUT2D eigenvalue weighted by molar-refractivity contribution is 5.91. The number of benzene rings is 2. The minimum atomic E-state index is -1.42. The van der Waals surface area contributed by atoms with Crippen LogP contribution in [0.1, 0.15) is 50.7 Å². The smallest absolute Gasteiger partial charge is 0.407 e. The first-order chi connectivity index (χ1) is 16.3. The predicted molar refractivity (Wildman–Crippen MR) is 128 cm³/mol. The fourth-order valence-electron chi connectivity index (χ4n) is 4.40. The van der Waals surface area contributed by atoms with Crippen molar-refractivity contribution in [3.8, 4) is 11.1 Å². The van der Waals surface area contributed by atoms with Gasteiger partial charge in [0.15, 0.2) is 0 Å². The average molecular weight is 469 g/mol. The molecule has 3 rings (SSSR count). The number of ether oxygens (including phenoxy) is 2. The van der Waals surface area contributed by atoms with Gasteiger partial charge in [-0.15, -0.1) is 0 Å². The minimum absolute atomic E-state index is 0.0958. The number of methoxy groups -OCH3 is 1. The molecule has 0 aromatic heterocycles. The van der Waals surface area contributed by atoms with Gasteiger partial charge in [0.05, 0.1) is 6.10 Å². The number of carbonyl (C=O) groups is 3. The number of carboxylic acid groups (broad SMARTS) is 1. The number of nitrogens with one attached hydrogen (secondary N) is 2. The number of rotatable bonds is 10. The van der Waals surface area contributed by atoms with Crippen molar-refractivity contribution in [2.45, 2.75) is 57.2 Å². The second-order valence-electron chi connectivity index (χ2n) is 8.47. The van der Waals surface area contributed by atoms with E-state index in [4.69, 9.17) is 9.47 Å². The molecule has 2 aromatic carbocycles. The molecule has 8 heteroatoms. The number of aliphatic carboxylic acids is 1. The second kappa shape index (κ2) is 10.7. The van der Waals surface area contributed by atoms with Crippen LogP contribution in [0.25, 0.3) is 11.1 Å². The molecule has 1 aliphatic rings. The van der Waals surface area contributed by atoms with E-state index < -0.39 is 35.7 Å². The zero-order valence-electron chi connectivity index (χ0n) is 20.0. The van der Waals surface area contributed by atoms with Gasteiger partial charge in [0.25, 0.3) is 0 Å². The van der Waals surface area contributed by atoms with Crippen molar-refractivity contribution in [3.05, 3.63) is 59.7 Å². The first kappa shape index (κ1) is 25.2. The number of fused-ring (bicyclic) bond motifs is 3. The summed E-state index contributed by atoms with van der Waals surface area (Å²) >= 11 is 0. The number of hydrogen-bond donors (Lipinski definition) is 3. The number of amides is 2. The van der Waals surface area contributed by atoms with Crippen LogP contribution >= 0.6 is 0 Å². The Hall–Kier alpha value is -3.39. The van der Waals surface area contributed by atoms with Crippen LogP contribution in [0.5, 0.6) is 0 Å². The number of hydrogen-bond acceptors (Lipinski definition) is 5. The van der Waals surface area contributed by atoms with E-state index in [0.29, 0.717) is 0 Å². The molecule has 0 spiro atoms. The van der Waals surface area contributed by atoms with Gasteiger partial charge >= 0.3 is 12.1 Å². The summed E-state index contributed by atoms with van der Waals surface area (Å²) in [6.07, 6.45) is -1.09. The Bertz CT molecular complexity index is 1000. The van der Waals surface area contributed by atoms with Crippen molar-refractivity contribution in [1.29, 1.82) is 0 Å². The van der Waals surface area contributed by atoms with Crippen LogP contribution in [0.3, 0.4) is 0 Å². The molecule has 2 amide bonds. The van der Waals surface area contributed by atoms with E-state index in [2.05, 4.69) is 10.6 Å². The molecule has 2 atom stereocenters. The van der Waals surface area contributed by atoms with E-state index in [1.807, 2.05) is 48.5 Å². The summed E-state index contributed by atoms with van der Waals surface area (Å²) in [6, 6.07) is 14.9. The lowest BCUT2D eigenvalue weighted by Crippen LogP contribution is -2.61. The molecule has 0 aliphatic heterocycles. The third-order valence-electron chi connectivity index (χ3n) is 6.72. The van der Waals surface area contributed by atoms with Gasteiger partial charge in [-0.1, -0.05) is 62.4 Å². The van der Waals surface area contributed by atoms with Crippen LogP contribution in [-0.2, 0) is 19.1 Å². The van der Waals surface area contributed by atoms with Crippen LogP contribution in [0.2, 0.25) is 0 Å². The van der Waals surface area contributed by atoms with Gasteiger partial charge < -0.3 is 25.2 Å². The predicted octanol–water partition coefficient (Wildman–Crippen LogP) is 3.69. The lowest BCUT2D eigenvalue weighted by atomic mass is 9.92. The summed E-state index contributed by atoms with van der Waals surface area (Å²) in [5, 5.41) is 14.8. The Labute approximate surface area is 199 Å². The van der Waals surface area contributed by atoms with Crippen molar-refractivity contribution in [2.75, 3.05) is 13.7 Å². The Morgan fingerprint density at radius 3 is 2.00 bits per heavy atom. The van der Waals surface area contributed by atoms with E-state index in [1.54, 1.807) is 20.8 Å². The fourth-order valence-corrected chi connectivity index (χ4v) is 4.40. The van der Waals surface area contributed by atoms with E-state index in [0.717, 1.165) is 22.3 Å². The lowest BCUT2D eigenvalue weighted by Gasteiger charge is -2.31. The van der Waals surface area contributed by atoms with Crippen molar-refractivity contribution in [1.82, 2.24) is 10.6 Å². The van der Waals surface area contributed by atoms with E-state index in [1.165, 1.54) is 7.11 Å². The van der Waals surface area contributed by atoms with Gasteiger partial charge in [0.2, 0.25) is 5.91 Å². The topological polar surface area (TPSA) is 114 Å². The van der Waals surface area contributed by atoms with E-state index >= 15 is 0 Å². The molecule has 0 saturated carbocycles. The average Bonchev–Trinajstić information content (AvgIpc) is 3.17. The highest BCUT2D eigenvalue weighted by atomic mass is 16.5. The molecule has 0 bridgehead atoms. The Morgan fingerprint density at radius 2 is 1.53 bits per heavy atom. The quantitative estimate of drug-likeness (QED) is 0.490. The molecule has 0 heterocycles. The van der Waals surface area contributed by atoms with Crippen molar-refractivity contribution in [2.24, 2.45) is 0 Å². The molecular formula is C26H32N2O6. The van der Waals surface area contributed by atoms with Crippen LogP contribution in [0.4, 0.5) is 4.79 Å². The SMILES string of the molecule is CCC(CC)(NC(=O)C(NC(=O)OCC1c2ccccc2-c2ccccc21)C(C)OC)C(=O)O. The molecule has 0 radical (unpaired) electrons. The number of carboxylic acids is 1. The van der Waals surface area contributed by atoms with Crippen LogP contribution in [-0.4, -0.2) is 54.5 Å². The molecule has 8 nitrogen and oxygen atoms in total. The first-order valence-corrected chi connectivity index (χ1v) is 11.5. The molecule has 2 unspecified atom stereocenters. The van der Waals surface area contributed by atoms with Gasteiger partial charge in [0.1, 0.15) is 18.2 Å². The van der Waals surface area contributed by atoms with Crippen molar-refractivity contribution in [3.63, 3.8) is 0 Å². The second-order valence-corrected chi connectivity index (χ2v) is 8.47. The first-order valence-electron chi connectivity index (χ1n) is 11.5. The summed E-state index contributed by atoms with van der Waals surface area (Å²) in [4.78, 5) is 37.5. The molecule has 0 fully saturated rings. The number of alkyl carbamates (subject to hydrolysis) is 1. The summed E-state index contributed by atoms with van der Waals surface area (Å²) in [7, 11) is 1.41. The van der Waals surface area contributed by atoms with Crippen LogP contribution in [0.15, 0.2) is 48.5 Å². The molecule has 3 N–H and O–H groups in total. The highest BCUT2D eigenvalue weighted by Gasteiger charge is 2.40. The van der Waals surface area contributed by atoms with Crippen LogP contribution in [0, 0.1) is 0 Å². The molecule has 182 valence electrons. The van der Waals surface area contributed by atoms with Gasteiger partial charge in [-0.25, -0.2) is 9.59 Å². The van der Waals surface area contributed by atoms with E-state index in [-0.39, 0.29) is 25.4 Å². The zero-order chi connectivity index (χ0) is 24.9. The Morgan fingerprint density at radius 1 is 1.00 bits per heavy atom. The fraction of sp³-hybridized carbons (Fsp3) is 0.423. The minimum Gasteiger partial charge on any atom is -0.480 e. The summed E-state index contributed by atoms with van der Waals surface area (Å²) < 4.78 is 10.8. The molecule has 2 aromatic rings. The molecule has 34 heavy (non-hydrogen) atoms. The van der Waals surface area contributed by atoms with Gasteiger partial charge in [-0.2, -0.15) is 0 Å². The normalized spacial score (nSPS) is 14.5. The van der Waals surface area contributed by atoms with Crippen LogP contribution < -0.4 is 10.6 Å². The highest BCUT2D eigenvalue weighted by Crippen LogP contribution is 2.44. The van der Waals surface area contributed by atoms with Gasteiger partial charge in [-0.05, 0) is 42.0 Å². The largest absolute Gasteiger partial charge is 0.480 e. The van der Waals surface area contributed by atoms with Gasteiger partial charge in [0, 0.05) is 13.0 Å². The Kier molecular flexibility index (Phi) is 7.94. The molecule has 1 aliphatic carbocycles. The summed E-state index contributed by atoms with van der Waals surface area (Å²) in [6.45, 7) is 5.09. The summed E-state index contributed by atoms with van der Waals surface area (Å²) in [5.74, 6) is -1.89. The maximum Gasteiger partial charge on any atom is 0.407 e. The van der Waals surface area contributed by atoms with Crippen molar-refractivity contribution >= 4 is 18.0 Å². The molecule has 0 saturated heterocycles. The zero-order valence-corrected chi connectivity index (χ0v) is 20.0. The maximum absolute atomic E-state index is 13.0. The maximum atomic E-state index is 13.0. The Balaban J connectivity index is 1.71. The molecular weight excluding hydrogens is 436 g/mol. The summed E-state index contributed by atoms with van der Waals surface area (Å²) in [5.41, 5.74) is 2.95.